The van der Waals surface area contributed by atoms with Crippen molar-refractivity contribution in [3.8, 4) is 22.6 Å². The van der Waals surface area contributed by atoms with Crippen molar-refractivity contribution in [1.29, 1.82) is 0 Å². The van der Waals surface area contributed by atoms with Gasteiger partial charge in [-0.25, -0.2) is 4.98 Å². The lowest BCUT2D eigenvalue weighted by atomic mass is 10.1. The first-order valence-corrected chi connectivity index (χ1v) is 6.69. The van der Waals surface area contributed by atoms with E-state index in [-0.39, 0.29) is 0 Å². The Morgan fingerprint density at radius 2 is 1.60 bits per heavy atom. The third kappa shape index (κ3) is 2.35. The number of pyridine rings is 1. The molecule has 2 heterocycles. The summed E-state index contributed by atoms with van der Waals surface area (Å²) in [6.07, 6.45) is 3.72. The molecule has 0 bridgehead atoms. The number of nitrogens with one attached hydrogen (secondary N) is 1. The number of H-pyrrole nitrogens is 1. The van der Waals surface area contributed by atoms with Gasteiger partial charge in [0.05, 0.1) is 11.9 Å². The van der Waals surface area contributed by atoms with Crippen LogP contribution < -0.4 is 0 Å². The Labute approximate surface area is 118 Å². The molecule has 20 heavy (non-hydrogen) atoms. The van der Waals surface area contributed by atoms with Gasteiger partial charge in [-0.05, 0) is 55.7 Å². The van der Waals surface area contributed by atoms with Crippen molar-refractivity contribution >= 4 is 0 Å². The first-order valence-electron chi connectivity index (χ1n) is 6.69. The molecule has 0 fully saturated rings. The van der Waals surface area contributed by atoms with E-state index in [4.69, 9.17) is 0 Å². The van der Waals surface area contributed by atoms with Crippen LogP contribution in [-0.2, 0) is 0 Å². The smallest absolute Gasteiger partial charge is 0.139 e. The Balaban J connectivity index is 1.97. The average molecular weight is 263 g/mol. The number of aryl methyl sites for hydroxylation is 3. The van der Waals surface area contributed by atoms with Crippen molar-refractivity contribution in [2.45, 2.75) is 20.8 Å². The highest BCUT2D eigenvalue weighted by atomic mass is 14.9. The molecule has 3 aromatic rings. The maximum absolute atomic E-state index is 4.45. The third-order valence-electron chi connectivity index (χ3n) is 3.58. The van der Waals surface area contributed by atoms with Gasteiger partial charge >= 0.3 is 0 Å². The molecule has 0 aliphatic heterocycles. The minimum Gasteiger partial charge on any atom is -0.338 e. The number of hydrogen-bond acceptors (Lipinski definition) is 2. The summed E-state index contributed by atoms with van der Waals surface area (Å²) in [6, 6.07) is 10.5. The van der Waals surface area contributed by atoms with E-state index < -0.39 is 0 Å². The van der Waals surface area contributed by atoms with Crippen LogP contribution in [0, 0.1) is 20.8 Å². The summed E-state index contributed by atoms with van der Waals surface area (Å²) in [6.45, 7) is 6.22. The topological polar surface area (TPSA) is 41.6 Å². The Hall–Kier alpha value is -2.42. The van der Waals surface area contributed by atoms with Crippen LogP contribution in [0.25, 0.3) is 22.6 Å². The lowest BCUT2D eigenvalue weighted by Crippen LogP contribution is -1.86. The van der Waals surface area contributed by atoms with Crippen LogP contribution >= 0.6 is 0 Å². The highest BCUT2D eigenvalue weighted by Gasteiger charge is 2.06. The van der Waals surface area contributed by atoms with Crippen LogP contribution in [0.2, 0.25) is 0 Å². The molecule has 3 rings (SSSR count). The number of imidazole rings is 1. The summed E-state index contributed by atoms with van der Waals surface area (Å²) in [5, 5.41) is 0. The minimum absolute atomic E-state index is 0.853. The van der Waals surface area contributed by atoms with Crippen molar-refractivity contribution in [2.24, 2.45) is 0 Å². The molecule has 0 spiro atoms. The average Bonchev–Trinajstić information content (AvgIpc) is 2.92. The quantitative estimate of drug-likeness (QED) is 0.757. The van der Waals surface area contributed by atoms with Crippen LogP contribution in [0.5, 0.6) is 0 Å². The fraction of sp³-hybridized carbons (Fsp3) is 0.176. The molecule has 1 aromatic carbocycles. The Kier molecular flexibility index (Phi) is 3.11. The highest BCUT2D eigenvalue weighted by Crippen LogP contribution is 2.23. The first-order chi connectivity index (χ1) is 9.63. The molecule has 0 amide bonds. The molecule has 0 saturated carbocycles. The van der Waals surface area contributed by atoms with Gasteiger partial charge in [0.15, 0.2) is 0 Å². The second-order valence-electron chi connectivity index (χ2n) is 5.13. The van der Waals surface area contributed by atoms with Crippen LogP contribution in [0.4, 0.5) is 0 Å². The maximum Gasteiger partial charge on any atom is 0.139 e. The molecule has 0 saturated heterocycles. The molecule has 3 nitrogen and oxygen atoms in total. The standard InChI is InChI=1S/C17H17N3/c1-11-4-6-14(8-12(11)2)16-10-19-17(20-16)15-7-5-13(3)18-9-15/h4-10H,1-3H3,(H,19,20). The van der Waals surface area contributed by atoms with E-state index in [1.54, 1.807) is 0 Å². The van der Waals surface area contributed by atoms with Gasteiger partial charge in [0.2, 0.25) is 0 Å². The normalized spacial score (nSPS) is 10.8. The summed E-state index contributed by atoms with van der Waals surface area (Å²) in [5.41, 5.74) is 6.79. The highest BCUT2D eigenvalue weighted by molar-refractivity contribution is 5.65. The van der Waals surface area contributed by atoms with E-state index in [9.17, 15) is 0 Å². The fourth-order valence-electron chi connectivity index (χ4n) is 2.13. The molecule has 0 unspecified atom stereocenters. The van der Waals surface area contributed by atoms with E-state index in [0.717, 1.165) is 28.3 Å². The number of rotatable bonds is 2. The maximum atomic E-state index is 4.45. The Bertz CT molecular complexity index is 739. The molecule has 0 aliphatic rings. The van der Waals surface area contributed by atoms with Gasteiger partial charge in [0.1, 0.15) is 5.82 Å². The first kappa shape index (κ1) is 12.6. The van der Waals surface area contributed by atoms with Crippen LogP contribution in [-0.4, -0.2) is 15.0 Å². The fourth-order valence-corrected chi connectivity index (χ4v) is 2.13. The van der Waals surface area contributed by atoms with Crippen molar-refractivity contribution in [2.75, 3.05) is 0 Å². The van der Waals surface area contributed by atoms with E-state index >= 15 is 0 Å². The monoisotopic (exact) mass is 263 g/mol. The van der Waals surface area contributed by atoms with Gasteiger partial charge in [0, 0.05) is 17.5 Å². The number of hydrogen-bond donors (Lipinski definition) is 1. The summed E-state index contributed by atoms with van der Waals surface area (Å²) in [7, 11) is 0. The predicted molar refractivity (Wildman–Crippen MR) is 81.5 cm³/mol. The summed E-state index contributed by atoms with van der Waals surface area (Å²) in [5.74, 6) is 0.853. The van der Waals surface area contributed by atoms with Crippen molar-refractivity contribution in [3.63, 3.8) is 0 Å². The zero-order valence-corrected chi connectivity index (χ0v) is 11.9. The van der Waals surface area contributed by atoms with Crippen LogP contribution in [0.1, 0.15) is 16.8 Å². The molecule has 100 valence electrons. The molecular formula is C17H17N3. The van der Waals surface area contributed by atoms with Crippen molar-refractivity contribution in [3.05, 3.63) is 59.5 Å². The SMILES string of the molecule is Cc1ccc(-c2ncc(-c3ccc(C)c(C)c3)[nH]2)cn1. The zero-order chi connectivity index (χ0) is 14.1. The number of benzene rings is 1. The summed E-state index contributed by atoms with van der Waals surface area (Å²) in [4.78, 5) is 12.1. The van der Waals surface area contributed by atoms with Gasteiger partial charge < -0.3 is 4.98 Å². The second kappa shape index (κ2) is 4.93. The van der Waals surface area contributed by atoms with Gasteiger partial charge in [-0.15, -0.1) is 0 Å². The minimum atomic E-state index is 0.853. The third-order valence-corrected chi connectivity index (χ3v) is 3.58. The van der Waals surface area contributed by atoms with E-state index in [1.165, 1.54) is 11.1 Å². The molecule has 1 N–H and O–H groups in total. The van der Waals surface area contributed by atoms with E-state index in [1.807, 2.05) is 31.5 Å². The van der Waals surface area contributed by atoms with E-state index in [2.05, 4.69) is 47.0 Å². The molecule has 2 aromatic heterocycles. The van der Waals surface area contributed by atoms with Crippen LogP contribution in [0.3, 0.4) is 0 Å². The van der Waals surface area contributed by atoms with Crippen molar-refractivity contribution in [1.82, 2.24) is 15.0 Å². The van der Waals surface area contributed by atoms with Gasteiger partial charge in [-0.3, -0.25) is 4.98 Å². The predicted octanol–water partition coefficient (Wildman–Crippen LogP) is 4.06. The van der Waals surface area contributed by atoms with Crippen molar-refractivity contribution < 1.29 is 0 Å². The zero-order valence-electron chi connectivity index (χ0n) is 11.9. The number of nitrogens with zero attached hydrogens (tertiary/aromatic N) is 2. The molecule has 3 heteroatoms. The summed E-state index contributed by atoms with van der Waals surface area (Å²) < 4.78 is 0. The summed E-state index contributed by atoms with van der Waals surface area (Å²) >= 11 is 0. The number of aromatic amines is 1. The van der Waals surface area contributed by atoms with Gasteiger partial charge in [0.25, 0.3) is 0 Å². The molecule has 0 aliphatic carbocycles. The van der Waals surface area contributed by atoms with Gasteiger partial charge in [-0.1, -0.05) is 12.1 Å². The Morgan fingerprint density at radius 1 is 0.800 bits per heavy atom. The Morgan fingerprint density at radius 3 is 2.30 bits per heavy atom. The van der Waals surface area contributed by atoms with Crippen LogP contribution in [0.15, 0.2) is 42.7 Å². The molecule has 0 atom stereocenters. The molecule has 0 radical (unpaired) electrons. The lowest BCUT2D eigenvalue weighted by molar-refractivity contribution is 1.18. The largest absolute Gasteiger partial charge is 0.338 e. The second-order valence-corrected chi connectivity index (χ2v) is 5.13. The lowest BCUT2D eigenvalue weighted by Gasteiger charge is -2.03. The van der Waals surface area contributed by atoms with Gasteiger partial charge in [-0.2, -0.15) is 0 Å². The number of aromatic nitrogens is 3. The van der Waals surface area contributed by atoms with E-state index in [0.29, 0.717) is 0 Å². The molecular weight excluding hydrogens is 246 g/mol.